The van der Waals surface area contributed by atoms with E-state index in [0.29, 0.717) is 24.5 Å². The quantitative estimate of drug-likeness (QED) is 0.553. The molecule has 9 heteroatoms. The van der Waals surface area contributed by atoms with E-state index >= 15 is 0 Å². The smallest absolute Gasteiger partial charge is 0.244 e. The highest BCUT2D eigenvalue weighted by atomic mass is 32.2. The van der Waals surface area contributed by atoms with Crippen LogP contribution in [0, 0.1) is 0 Å². The molecule has 0 fully saturated rings. The van der Waals surface area contributed by atoms with Crippen molar-refractivity contribution in [3.05, 3.63) is 60.2 Å². The fraction of sp³-hybridized carbons (Fsp3) is 0.391. The lowest BCUT2D eigenvalue weighted by Gasteiger charge is -2.31. The zero-order valence-corrected chi connectivity index (χ0v) is 19.8. The molecule has 2 rings (SSSR count). The molecular formula is C23H31N3O5S. The normalized spacial score (nSPS) is 12.0. The van der Waals surface area contributed by atoms with Crippen LogP contribution in [0.4, 0.5) is 5.69 Å². The molecule has 2 amide bonds. The van der Waals surface area contributed by atoms with E-state index in [1.54, 1.807) is 31.2 Å². The zero-order chi connectivity index (χ0) is 23.7. The molecule has 0 aliphatic heterocycles. The lowest BCUT2D eigenvalue weighted by molar-refractivity contribution is -0.138. The number of anilines is 1. The minimum atomic E-state index is -3.75. The van der Waals surface area contributed by atoms with Gasteiger partial charge in [0, 0.05) is 13.6 Å². The standard InChI is InChI=1S/C23H31N3O5S/c1-5-31-21-13-11-20(12-14-21)26(32(4,29)30)17-22(27)25(18(2)23(28)24-3)16-15-19-9-7-6-8-10-19/h6-14,18H,5,15-17H2,1-4H3,(H,24,28)/t18-/m1/s1. The zero-order valence-electron chi connectivity index (χ0n) is 18.9. The van der Waals surface area contributed by atoms with Gasteiger partial charge in [0.2, 0.25) is 21.8 Å². The van der Waals surface area contributed by atoms with Gasteiger partial charge in [0.25, 0.3) is 0 Å². The average molecular weight is 462 g/mol. The summed E-state index contributed by atoms with van der Waals surface area (Å²) in [5, 5.41) is 2.55. The van der Waals surface area contributed by atoms with Gasteiger partial charge in [-0.3, -0.25) is 13.9 Å². The molecule has 32 heavy (non-hydrogen) atoms. The van der Waals surface area contributed by atoms with E-state index < -0.39 is 28.5 Å². The molecule has 0 heterocycles. The van der Waals surface area contributed by atoms with Gasteiger partial charge in [-0.2, -0.15) is 0 Å². The maximum absolute atomic E-state index is 13.2. The third-order valence-electron chi connectivity index (χ3n) is 5.01. The van der Waals surface area contributed by atoms with Gasteiger partial charge in [-0.15, -0.1) is 0 Å². The highest BCUT2D eigenvalue weighted by molar-refractivity contribution is 7.92. The number of nitrogens with zero attached hydrogens (tertiary/aromatic N) is 2. The fourth-order valence-electron chi connectivity index (χ4n) is 3.27. The molecule has 8 nitrogen and oxygen atoms in total. The summed E-state index contributed by atoms with van der Waals surface area (Å²) in [4.78, 5) is 26.9. The number of likely N-dealkylation sites (N-methyl/N-ethyl adjacent to an activating group) is 1. The summed E-state index contributed by atoms with van der Waals surface area (Å²) < 4.78 is 31.4. The van der Waals surface area contributed by atoms with Crippen molar-refractivity contribution in [3.63, 3.8) is 0 Å². The Morgan fingerprint density at radius 1 is 1.06 bits per heavy atom. The van der Waals surface area contributed by atoms with Crippen LogP contribution in [0.3, 0.4) is 0 Å². The average Bonchev–Trinajstić information content (AvgIpc) is 2.77. The van der Waals surface area contributed by atoms with Crippen LogP contribution in [0.15, 0.2) is 54.6 Å². The van der Waals surface area contributed by atoms with E-state index in [0.717, 1.165) is 16.1 Å². The van der Waals surface area contributed by atoms with Crippen LogP contribution in [-0.4, -0.2) is 64.2 Å². The maximum atomic E-state index is 13.2. The Kier molecular flexibility index (Phi) is 9.07. The van der Waals surface area contributed by atoms with Gasteiger partial charge in [0.1, 0.15) is 18.3 Å². The molecular weight excluding hydrogens is 430 g/mol. The molecule has 0 spiro atoms. The van der Waals surface area contributed by atoms with Crippen LogP contribution in [0.1, 0.15) is 19.4 Å². The van der Waals surface area contributed by atoms with Gasteiger partial charge in [-0.25, -0.2) is 8.42 Å². The van der Waals surface area contributed by atoms with Gasteiger partial charge < -0.3 is 15.0 Å². The molecule has 0 aliphatic carbocycles. The molecule has 0 aliphatic rings. The van der Waals surface area contributed by atoms with Crippen LogP contribution in [-0.2, 0) is 26.0 Å². The van der Waals surface area contributed by atoms with Crippen molar-refractivity contribution in [2.24, 2.45) is 0 Å². The maximum Gasteiger partial charge on any atom is 0.244 e. The van der Waals surface area contributed by atoms with E-state index in [-0.39, 0.29) is 12.5 Å². The Morgan fingerprint density at radius 2 is 1.69 bits per heavy atom. The van der Waals surface area contributed by atoms with Crippen molar-refractivity contribution in [3.8, 4) is 5.75 Å². The highest BCUT2D eigenvalue weighted by Crippen LogP contribution is 2.22. The number of rotatable bonds is 11. The summed E-state index contributed by atoms with van der Waals surface area (Å²) in [7, 11) is -2.24. The van der Waals surface area contributed by atoms with Crippen molar-refractivity contribution < 1.29 is 22.7 Å². The van der Waals surface area contributed by atoms with Gasteiger partial charge in [0.15, 0.2) is 0 Å². The van der Waals surface area contributed by atoms with Crippen molar-refractivity contribution in [2.45, 2.75) is 26.3 Å². The predicted molar refractivity (Wildman–Crippen MR) is 125 cm³/mol. The van der Waals surface area contributed by atoms with Gasteiger partial charge in [0.05, 0.1) is 18.6 Å². The topological polar surface area (TPSA) is 96.0 Å². The molecule has 1 atom stereocenters. The van der Waals surface area contributed by atoms with E-state index in [1.807, 2.05) is 37.3 Å². The minimum Gasteiger partial charge on any atom is -0.494 e. The number of amides is 2. The molecule has 0 radical (unpaired) electrons. The number of carbonyl (C=O) groups is 2. The Hall–Kier alpha value is -3.07. The van der Waals surface area contributed by atoms with Crippen molar-refractivity contribution in [1.82, 2.24) is 10.2 Å². The lowest BCUT2D eigenvalue weighted by atomic mass is 10.1. The van der Waals surface area contributed by atoms with Crippen molar-refractivity contribution in [1.29, 1.82) is 0 Å². The second kappa shape index (κ2) is 11.5. The summed E-state index contributed by atoms with van der Waals surface area (Å²) in [5.74, 6) is -0.177. The van der Waals surface area contributed by atoms with Crippen molar-refractivity contribution >= 4 is 27.5 Å². The molecule has 0 saturated carbocycles. The molecule has 1 N–H and O–H groups in total. The largest absolute Gasteiger partial charge is 0.494 e. The minimum absolute atomic E-state index is 0.276. The van der Waals surface area contributed by atoms with Crippen molar-refractivity contribution in [2.75, 3.05) is 37.3 Å². The van der Waals surface area contributed by atoms with Crippen LogP contribution in [0.25, 0.3) is 0 Å². The van der Waals surface area contributed by atoms with E-state index in [9.17, 15) is 18.0 Å². The summed E-state index contributed by atoms with van der Waals surface area (Å²) in [6.07, 6.45) is 1.59. The van der Waals surface area contributed by atoms with Crippen LogP contribution >= 0.6 is 0 Å². The first-order chi connectivity index (χ1) is 15.2. The highest BCUT2D eigenvalue weighted by Gasteiger charge is 2.29. The third-order valence-corrected chi connectivity index (χ3v) is 6.15. The first-order valence-electron chi connectivity index (χ1n) is 10.4. The Bertz CT molecular complexity index is 994. The van der Waals surface area contributed by atoms with E-state index in [2.05, 4.69) is 5.32 Å². The second-order valence-corrected chi connectivity index (χ2v) is 9.22. The van der Waals surface area contributed by atoms with E-state index in [4.69, 9.17) is 4.74 Å². The summed E-state index contributed by atoms with van der Waals surface area (Å²) >= 11 is 0. The molecule has 0 saturated heterocycles. The number of hydrogen-bond donors (Lipinski definition) is 1. The lowest BCUT2D eigenvalue weighted by Crippen LogP contribution is -2.51. The number of nitrogens with one attached hydrogen (secondary N) is 1. The first-order valence-corrected chi connectivity index (χ1v) is 12.3. The summed E-state index contributed by atoms with van der Waals surface area (Å²) in [6, 6.07) is 15.3. The second-order valence-electron chi connectivity index (χ2n) is 7.31. The molecule has 0 bridgehead atoms. The number of ether oxygens (including phenoxy) is 1. The monoisotopic (exact) mass is 461 g/mol. The Morgan fingerprint density at radius 3 is 2.22 bits per heavy atom. The molecule has 2 aromatic rings. The third kappa shape index (κ3) is 6.98. The molecule has 2 aromatic carbocycles. The summed E-state index contributed by atoms with van der Waals surface area (Å²) in [6.45, 7) is 3.83. The Balaban J connectivity index is 2.27. The Labute approximate surface area is 190 Å². The number of benzene rings is 2. The molecule has 0 unspecified atom stereocenters. The number of hydrogen-bond acceptors (Lipinski definition) is 5. The van der Waals surface area contributed by atoms with E-state index in [1.165, 1.54) is 11.9 Å². The van der Waals surface area contributed by atoms with Crippen LogP contribution in [0.2, 0.25) is 0 Å². The number of carbonyl (C=O) groups excluding carboxylic acids is 2. The van der Waals surface area contributed by atoms with Crippen LogP contribution < -0.4 is 14.4 Å². The van der Waals surface area contributed by atoms with Gasteiger partial charge in [-0.1, -0.05) is 30.3 Å². The van der Waals surface area contributed by atoms with Crippen LogP contribution in [0.5, 0.6) is 5.75 Å². The van der Waals surface area contributed by atoms with Gasteiger partial charge in [-0.05, 0) is 50.1 Å². The molecule has 0 aromatic heterocycles. The predicted octanol–water partition coefficient (Wildman–Crippen LogP) is 2.06. The number of sulfonamides is 1. The van der Waals surface area contributed by atoms with Gasteiger partial charge >= 0.3 is 0 Å². The SMILES string of the molecule is CCOc1ccc(N(CC(=O)N(CCc2ccccc2)[C@H](C)C(=O)NC)S(C)(=O)=O)cc1. The summed E-state index contributed by atoms with van der Waals surface area (Å²) in [5.41, 5.74) is 1.36. The molecule has 174 valence electrons. The fourth-order valence-corrected chi connectivity index (χ4v) is 4.12. The first kappa shape index (κ1) is 25.2.